The zero-order chi connectivity index (χ0) is 12.4. The number of carbonyl (C=O) groups is 1. The standard InChI is InChI=1S/C9H10N6OS/c1-4-13-9(17-15-4)14-8-6(7(11)16)2-5(10)3-12-8/h2-3H,10H2,1H3,(H2,11,16)(H,12,13,14,15). The predicted molar refractivity (Wildman–Crippen MR) is 65.1 cm³/mol. The van der Waals surface area contributed by atoms with Gasteiger partial charge in [0, 0.05) is 11.5 Å². The molecule has 2 aromatic heterocycles. The van der Waals surface area contributed by atoms with E-state index in [9.17, 15) is 4.79 Å². The first-order valence-corrected chi connectivity index (χ1v) is 5.46. The van der Waals surface area contributed by atoms with Crippen LogP contribution in [0.15, 0.2) is 12.3 Å². The Morgan fingerprint density at radius 3 is 2.88 bits per heavy atom. The predicted octanol–water partition coefficient (Wildman–Crippen LogP) is 0.666. The van der Waals surface area contributed by atoms with Crippen LogP contribution in [0.1, 0.15) is 16.2 Å². The molecule has 7 nitrogen and oxygen atoms in total. The summed E-state index contributed by atoms with van der Waals surface area (Å²) >= 11 is 1.17. The van der Waals surface area contributed by atoms with Crippen molar-refractivity contribution >= 4 is 34.1 Å². The molecule has 0 aromatic carbocycles. The highest BCUT2D eigenvalue weighted by Crippen LogP contribution is 2.21. The summed E-state index contributed by atoms with van der Waals surface area (Å²) in [6.07, 6.45) is 1.43. The molecule has 2 rings (SSSR count). The monoisotopic (exact) mass is 250 g/mol. The lowest BCUT2D eigenvalue weighted by molar-refractivity contribution is 0.100. The number of nitrogen functional groups attached to an aromatic ring is 1. The third-order valence-corrected chi connectivity index (χ3v) is 2.65. The molecule has 0 spiro atoms. The van der Waals surface area contributed by atoms with E-state index >= 15 is 0 Å². The number of amides is 1. The van der Waals surface area contributed by atoms with Gasteiger partial charge >= 0.3 is 0 Å². The Morgan fingerprint density at radius 2 is 2.29 bits per heavy atom. The molecule has 0 atom stereocenters. The van der Waals surface area contributed by atoms with Crippen LogP contribution >= 0.6 is 11.5 Å². The molecule has 0 aliphatic carbocycles. The smallest absolute Gasteiger partial charge is 0.252 e. The number of hydrogen-bond acceptors (Lipinski definition) is 7. The second-order valence-electron chi connectivity index (χ2n) is 3.30. The number of nitrogens with zero attached hydrogens (tertiary/aromatic N) is 3. The fourth-order valence-electron chi connectivity index (χ4n) is 1.22. The van der Waals surface area contributed by atoms with Crippen LogP contribution in [0.3, 0.4) is 0 Å². The van der Waals surface area contributed by atoms with Gasteiger partial charge in [0.05, 0.1) is 17.4 Å². The van der Waals surface area contributed by atoms with Gasteiger partial charge in [-0.2, -0.15) is 4.37 Å². The third kappa shape index (κ3) is 2.48. The second kappa shape index (κ2) is 4.34. The SMILES string of the molecule is Cc1nsc(Nc2ncc(N)cc2C(N)=O)n1. The van der Waals surface area contributed by atoms with E-state index in [1.165, 1.54) is 23.8 Å². The minimum Gasteiger partial charge on any atom is -0.397 e. The minimum atomic E-state index is -0.603. The maximum atomic E-state index is 11.2. The van der Waals surface area contributed by atoms with Crippen LogP contribution in [0.25, 0.3) is 0 Å². The topological polar surface area (TPSA) is 120 Å². The summed E-state index contributed by atoms with van der Waals surface area (Å²) in [5.74, 6) is 0.366. The molecule has 0 bridgehead atoms. The Labute approximate surface area is 101 Å². The zero-order valence-corrected chi connectivity index (χ0v) is 9.78. The lowest BCUT2D eigenvalue weighted by atomic mass is 10.2. The minimum absolute atomic E-state index is 0.220. The van der Waals surface area contributed by atoms with Crippen molar-refractivity contribution in [2.75, 3.05) is 11.1 Å². The number of hydrogen-bond donors (Lipinski definition) is 3. The molecule has 2 heterocycles. The summed E-state index contributed by atoms with van der Waals surface area (Å²) < 4.78 is 4.00. The molecule has 0 radical (unpaired) electrons. The van der Waals surface area contributed by atoms with Crippen LogP contribution in [-0.4, -0.2) is 20.2 Å². The number of nitrogens with two attached hydrogens (primary N) is 2. The molecule has 8 heteroatoms. The molecular formula is C9H10N6OS. The van der Waals surface area contributed by atoms with Crippen molar-refractivity contribution in [2.45, 2.75) is 6.92 Å². The highest BCUT2D eigenvalue weighted by molar-refractivity contribution is 7.09. The van der Waals surface area contributed by atoms with E-state index in [-0.39, 0.29) is 5.56 Å². The Bertz CT molecular complexity index is 566. The highest BCUT2D eigenvalue weighted by atomic mass is 32.1. The van der Waals surface area contributed by atoms with Crippen molar-refractivity contribution in [2.24, 2.45) is 5.73 Å². The molecule has 0 unspecified atom stereocenters. The lowest BCUT2D eigenvalue weighted by Gasteiger charge is -2.06. The fraction of sp³-hybridized carbons (Fsp3) is 0.111. The summed E-state index contributed by atoms with van der Waals surface area (Å²) in [7, 11) is 0. The number of aryl methyl sites for hydroxylation is 1. The largest absolute Gasteiger partial charge is 0.397 e. The number of aromatic nitrogens is 3. The van der Waals surface area contributed by atoms with Gasteiger partial charge in [-0.25, -0.2) is 9.97 Å². The van der Waals surface area contributed by atoms with Gasteiger partial charge in [0.1, 0.15) is 11.6 Å². The van der Waals surface area contributed by atoms with Crippen molar-refractivity contribution in [1.82, 2.24) is 14.3 Å². The number of anilines is 3. The molecule has 0 saturated carbocycles. The summed E-state index contributed by atoms with van der Waals surface area (Å²) in [6, 6.07) is 1.46. The Hall–Kier alpha value is -2.22. The molecule has 88 valence electrons. The van der Waals surface area contributed by atoms with Crippen molar-refractivity contribution in [1.29, 1.82) is 0 Å². The first-order chi connectivity index (χ1) is 8.06. The molecule has 2 aromatic rings. The molecule has 0 fully saturated rings. The van der Waals surface area contributed by atoms with E-state index in [0.717, 1.165) is 0 Å². The average Bonchev–Trinajstić information content (AvgIpc) is 2.66. The van der Waals surface area contributed by atoms with Crippen LogP contribution in [0.2, 0.25) is 0 Å². The van der Waals surface area contributed by atoms with Gasteiger partial charge in [-0.15, -0.1) is 0 Å². The van der Waals surface area contributed by atoms with E-state index in [1.54, 1.807) is 6.92 Å². The highest BCUT2D eigenvalue weighted by Gasteiger charge is 2.12. The lowest BCUT2D eigenvalue weighted by Crippen LogP contribution is -2.14. The van der Waals surface area contributed by atoms with Gasteiger partial charge in [-0.1, -0.05) is 0 Å². The van der Waals surface area contributed by atoms with Gasteiger partial charge in [0.15, 0.2) is 0 Å². The van der Waals surface area contributed by atoms with Gasteiger partial charge in [-0.3, -0.25) is 4.79 Å². The van der Waals surface area contributed by atoms with E-state index in [4.69, 9.17) is 11.5 Å². The summed E-state index contributed by atoms with van der Waals surface area (Å²) in [4.78, 5) is 19.3. The first-order valence-electron chi connectivity index (χ1n) is 4.69. The molecule has 0 saturated heterocycles. The third-order valence-electron chi connectivity index (χ3n) is 1.93. The quantitative estimate of drug-likeness (QED) is 0.736. The molecule has 5 N–H and O–H groups in total. The molecule has 1 amide bonds. The van der Waals surface area contributed by atoms with Gasteiger partial charge in [0.2, 0.25) is 5.13 Å². The Balaban J connectivity index is 2.35. The van der Waals surface area contributed by atoms with Crippen molar-refractivity contribution in [3.05, 3.63) is 23.7 Å². The zero-order valence-electron chi connectivity index (χ0n) is 8.97. The van der Waals surface area contributed by atoms with E-state index in [0.29, 0.717) is 22.5 Å². The molecular weight excluding hydrogens is 240 g/mol. The number of rotatable bonds is 3. The summed E-state index contributed by atoms with van der Waals surface area (Å²) in [5.41, 5.74) is 11.4. The van der Waals surface area contributed by atoms with Crippen LogP contribution in [0, 0.1) is 6.92 Å². The molecule has 0 aliphatic rings. The van der Waals surface area contributed by atoms with Gasteiger partial charge in [0.25, 0.3) is 5.91 Å². The first kappa shape index (κ1) is 11.3. The van der Waals surface area contributed by atoms with Gasteiger partial charge < -0.3 is 16.8 Å². The number of pyridine rings is 1. The summed E-state index contributed by atoms with van der Waals surface area (Å²) in [5, 5.41) is 3.42. The van der Waals surface area contributed by atoms with Crippen LogP contribution in [0.5, 0.6) is 0 Å². The molecule has 0 aliphatic heterocycles. The van der Waals surface area contributed by atoms with E-state index in [2.05, 4.69) is 19.7 Å². The number of carbonyl (C=O) groups excluding carboxylic acids is 1. The maximum absolute atomic E-state index is 11.2. The van der Waals surface area contributed by atoms with Crippen LogP contribution < -0.4 is 16.8 Å². The maximum Gasteiger partial charge on any atom is 0.252 e. The Kier molecular flexibility index (Phi) is 2.88. The van der Waals surface area contributed by atoms with Gasteiger partial charge in [-0.05, 0) is 13.0 Å². The second-order valence-corrected chi connectivity index (χ2v) is 4.05. The van der Waals surface area contributed by atoms with Crippen molar-refractivity contribution < 1.29 is 4.79 Å². The fourth-order valence-corrected chi connectivity index (χ4v) is 1.79. The summed E-state index contributed by atoms with van der Waals surface area (Å²) in [6.45, 7) is 1.77. The number of nitrogens with one attached hydrogen (secondary N) is 1. The van der Waals surface area contributed by atoms with Crippen molar-refractivity contribution in [3.8, 4) is 0 Å². The van der Waals surface area contributed by atoms with E-state index < -0.39 is 5.91 Å². The van der Waals surface area contributed by atoms with E-state index in [1.807, 2.05) is 0 Å². The van der Waals surface area contributed by atoms with Crippen LogP contribution in [-0.2, 0) is 0 Å². The Morgan fingerprint density at radius 1 is 1.53 bits per heavy atom. The average molecular weight is 250 g/mol. The number of primary amides is 1. The van der Waals surface area contributed by atoms with Crippen LogP contribution in [0.4, 0.5) is 16.6 Å². The molecule has 17 heavy (non-hydrogen) atoms. The normalized spacial score (nSPS) is 10.2. The van der Waals surface area contributed by atoms with Crippen molar-refractivity contribution in [3.63, 3.8) is 0 Å².